The van der Waals surface area contributed by atoms with Crippen LogP contribution in [0.4, 0.5) is 0 Å². The third-order valence-corrected chi connectivity index (χ3v) is 2.66. The van der Waals surface area contributed by atoms with Gasteiger partial charge in [-0.2, -0.15) is 5.26 Å². The largest absolute Gasteiger partial charge is 0.495 e. The minimum atomic E-state index is 0.535. The first-order chi connectivity index (χ1) is 6.67. The lowest BCUT2D eigenvalue weighted by atomic mass is 10.2. The maximum Gasteiger partial charge on any atom is 0.137 e. The molecule has 0 bridgehead atoms. The summed E-state index contributed by atoms with van der Waals surface area (Å²) < 4.78 is 5.12. The summed E-state index contributed by atoms with van der Waals surface area (Å²) in [7, 11) is 1.58. The van der Waals surface area contributed by atoms with E-state index < -0.39 is 0 Å². The van der Waals surface area contributed by atoms with Gasteiger partial charge in [-0.1, -0.05) is 13.8 Å². The van der Waals surface area contributed by atoms with Crippen molar-refractivity contribution in [2.24, 2.45) is 0 Å². The van der Waals surface area contributed by atoms with E-state index in [1.165, 1.54) is 0 Å². The molecule has 0 saturated carbocycles. The molecular weight excluding hydrogens is 194 g/mol. The van der Waals surface area contributed by atoms with Crippen LogP contribution in [0.5, 0.6) is 5.75 Å². The van der Waals surface area contributed by atoms with E-state index in [1.54, 1.807) is 24.9 Å². The van der Waals surface area contributed by atoms with Gasteiger partial charge in [-0.15, -0.1) is 11.8 Å². The summed E-state index contributed by atoms with van der Waals surface area (Å²) in [6.45, 7) is 4.27. The van der Waals surface area contributed by atoms with Crippen molar-refractivity contribution in [1.29, 1.82) is 5.26 Å². The van der Waals surface area contributed by atoms with Gasteiger partial charge in [-0.05, 0) is 18.2 Å². The lowest BCUT2D eigenvalue weighted by Gasteiger charge is -2.07. The molecule has 1 aromatic rings. The van der Waals surface area contributed by atoms with Gasteiger partial charge in [-0.25, -0.2) is 0 Å². The fraction of sp³-hybridized carbons (Fsp3) is 0.364. The number of methoxy groups -OCH3 is 1. The summed E-state index contributed by atoms with van der Waals surface area (Å²) in [6, 6.07) is 7.74. The predicted octanol–water partition coefficient (Wildman–Crippen LogP) is 3.07. The first kappa shape index (κ1) is 10.9. The van der Waals surface area contributed by atoms with Crippen molar-refractivity contribution in [3.8, 4) is 11.8 Å². The Labute approximate surface area is 88.9 Å². The monoisotopic (exact) mass is 207 g/mol. The van der Waals surface area contributed by atoms with Crippen molar-refractivity contribution in [3.05, 3.63) is 23.8 Å². The second kappa shape index (κ2) is 4.92. The molecule has 0 unspecified atom stereocenters. The van der Waals surface area contributed by atoms with Crippen LogP contribution in [0.2, 0.25) is 0 Å². The van der Waals surface area contributed by atoms with Gasteiger partial charge in [0.05, 0.1) is 12.7 Å². The minimum Gasteiger partial charge on any atom is -0.495 e. The molecule has 0 heterocycles. The Kier molecular flexibility index (Phi) is 3.84. The zero-order valence-electron chi connectivity index (χ0n) is 8.57. The van der Waals surface area contributed by atoms with Crippen molar-refractivity contribution < 1.29 is 4.74 Å². The van der Waals surface area contributed by atoms with E-state index in [2.05, 4.69) is 19.9 Å². The number of hydrogen-bond acceptors (Lipinski definition) is 3. The molecule has 1 rings (SSSR count). The van der Waals surface area contributed by atoms with Crippen LogP contribution in [0.25, 0.3) is 0 Å². The van der Waals surface area contributed by atoms with Gasteiger partial charge < -0.3 is 4.74 Å². The smallest absolute Gasteiger partial charge is 0.137 e. The Morgan fingerprint density at radius 3 is 2.64 bits per heavy atom. The Morgan fingerprint density at radius 1 is 1.43 bits per heavy atom. The molecule has 0 amide bonds. The zero-order valence-corrected chi connectivity index (χ0v) is 9.39. The van der Waals surface area contributed by atoms with E-state index in [-0.39, 0.29) is 0 Å². The summed E-state index contributed by atoms with van der Waals surface area (Å²) >= 11 is 1.76. The summed E-state index contributed by atoms with van der Waals surface area (Å²) in [5, 5.41) is 9.32. The summed E-state index contributed by atoms with van der Waals surface area (Å²) in [5.41, 5.74) is 0.584. The van der Waals surface area contributed by atoms with Crippen molar-refractivity contribution in [3.63, 3.8) is 0 Å². The highest BCUT2D eigenvalue weighted by atomic mass is 32.2. The summed E-state index contributed by atoms with van der Waals surface area (Å²) in [6.07, 6.45) is 0. The van der Waals surface area contributed by atoms with Gasteiger partial charge >= 0.3 is 0 Å². The fourth-order valence-corrected chi connectivity index (χ4v) is 1.98. The van der Waals surface area contributed by atoms with Crippen molar-refractivity contribution >= 4 is 11.8 Å². The molecular formula is C11H13NOS. The number of nitrogens with zero attached hydrogens (tertiary/aromatic N) is 1. The Hall–Kier alpha value is -1.14. The highest BCUT2D eigenvalue weighted by Gasteiger charge is 2.05. The molecule has 74 valence electrons. The van der Waals surface area contributed by atoms with E-state index in [0.717, 1.165) is 4.90 Å². The second-order valence-corrected chi connectivity index (χ2v) is 4.79. The number of nitriles is 1. The number of rotatable bonds is 3. The number of benzene rings is 1. The van der Waals surface area contributed by atoms with Crippen molar-refractivity contribution in [2.45, 2.75) is 24.0 Å². The highest BCUT2D eigenvalue weighted by Crippen LogP contribution is 2.28. The molecule has 2 nitrogen and oxygen atoms in total. The fourth-order valence-electron chi connectivity index (χ4n) is 1.11. The molecule has 3 heteroatoms. The normalized spacial score (nSPS) is 9.93. The molecule has 0 aliphatic carbocycles. The number of ether oxygens (including phenoxy) is 1. The highest BCUT2D eigenvalue weighted by molar-refractivity contribution is 7.99. The van der Waals surface area contributed by atoms with Crippen LogP contribution in [0.15, 0.2) is 23.1 Å². The molecule has 0 radical (unpaired) electrons. The average molecular weight is 207 g/mol. The molecule has 0 saturated heterocycles. The molecule has 0 atom stereocenters. The SMILES string of the molecule is COc1cc(SC(C)C)ccc1C#N. The lowest BCUT2D eigenvalue weighted by Crippen LogP contribution is -1.90. The lowest BCUT2D eigenvalue weighted by molar-refractivity contribution is 0.412. The van der Waals surface area contributed by atoms with E-state index in [4.69, 9.17) is 10.00 Å². The predicted molar refractivity (Wildman–Crippen MR) is 58.7 cm³/mol. The summed E-state index contributed by atoms with van der Waals surface area (Å²) in [4.78, 5) is 1.14. The Bertz CT molecular complexity index is 355. The quantitative estimate of drug-likeness (QED) is 0.714. The first-order valence-corrected chi connectivity index (χ1v) is 5.30. The van der Waals surface area contributed by atoms with Crippen LogP contribution in [-0.2, 0) is 0 Å². The topological polar surface area (TPSA) is 33.0 Å². The maximum atomic E-state index is 8.79. The van der Waals surface area contributed by atoms with E-state index in [9.17, 15) is 0 Å². The third kappa shape index (κ3) is 2.68. The second-order valence-electron chi connectivity index (χ2n) is 3.14. The third-order valence-electron chi connectivity index (χ3n) is 1.67. The number of hydrogen-bond donors (Lipinski definition) is 0. The molecule has 0 aromatic heterocycles. The summed E-state index contributed by atoms with van der Waals surface area (Å²) in [5.74, 6) is 0.651. The Balaban J connectivity index is 2.97. The van der Waals surface area contributed by atoms with Crippen molar-refractivity contribution in [2.75, 3.05) is 7.11 Å². The van der Waals surface area contributed by atoms with Gasteiger partial charge in [0.15, 0.2) is 0 Å². The molecule has 0 fully saturated rings. The van der Waals surface area contributed by atoms with Crippen LogP contribution in [0.1, 0.15) is 19.4 Å². The Morgan fingerprint density at radius 2 is 2.14 bits per heavy atom. The van der Waals surface area contributed by atoms with Gasteiger partial charge in [0.1, 0.15) is 11.8 Å². The average Bonchev–Trinajstić information content (AvgIpc) is 2.16. The van der Waals surface area contributed by atoms with Gasteiger partial charge in [0.25, 0.3) is 0 Å². The molecule has 1 aromatic carbocycles. The van der Waals surface area contributed by atoms with Gasteiger partial charge in [0.2, 0.25) is 0 Å². The van der Waals surface area contributed by atoms with E-state index in [1.807, 2.05) is 12.1 Å². The maximum absolute atomic E-state index is 8.79. The molecule has 0 spiro atoms. The van der Waals surface area contributed by atoms with Crippen LogP contribution in [0, 0.1) is 11.3 Å². The van der Waals surface area contributed by atoms with Crippen LogP contribution >= 0.6 is 11.8 Å². The van der Waals surface area contributed by atoms with Crippen LogP contribution in [-0.4, -0.2) is 12.4 Å². The first-order valence-electron chi connectivity index (χ1n) is 4.42. The molecule has 0 aliphatic heterocycles. The van der Waals surface area contributed by atoms with Crippen LogP contribution in [0.3, 0.4) is 0 Å². The molecule has 0 N–H and O–H groups in total. The molecule has 14 heavy (non-hydrogen) atoms. The van der Waals surface area contributed by atoms with Gasteiger partial charge in [0, 0.05) is 10.1 Å². The zero-order chi connectivity index (χ0) is 10.6. The van der Waals surface area contributed by atoms with Crippen LogP contribution < -0.4 is 4.74 Å². The van der Waals surface area contributed by atoms with Crippen molar-refractivity contribution in [1.82, 2.24) is 0 Å². The van der Waals surface area contributed by atoms with Gasteiger partial charge in [-0.3, -0.25) is 0 Å². The standard InChI is InChI=1S/C11H13NOS/c1-8(2)14-10-5-4-9(7-12)11(6-10)13-3/h4-6,8H,1-3H3. The van der Waals surface area contributed by atoms with E-state index in [0.29, 0.717) is 16.6 Å². The number of thioether (sulfide) groups is 1. The van der Waals surface area contributed by atoms with E-state index >= 15 is 0 Å². The minimum absolute atomic E-state index is 0.535. The molecule has 0 aliphatic rings.